The number of hydrogen-bond donors (Lipinski definition) is 0. The van der Waals surface area contributed by atoms with E-state index in [1.54, 1.807) is 0 Å². The molecule has 0 fully saturated rings. The molecule has 0 aromatic carbocycles. The first kappa shape index (κ1) is 17.0. The molecule has 0 heterocycles. The summed E-state index contributed by atoms with van der Waals surface area (Å²) >= 11 is 0. The maximum Gasteiger partial charge on any atom is -0.0358 e. The van der Waals surface area contributed by atoms with Crippen LogP contribution in [0.25, 0.3) is 0 Å². The van der Waals surface area contributed by atoms with Crippen LogP contribution in [0, 0.1) is 35.5 Å². The second-order valence-corrected chi connectivity index (χ2v) is 7.14. The van der Waals surface area contributed by atoms with Gasteiger partial charge in [0.2, 0.25) is 0 Å². The molecule has 104 valence electrons. The first-order valence-corrected chi connectivity index (χ1v) is 7.79. The average molecular weight is 240 g/mol. The maximum absolute atomic E-state index is 2.48. The molecule has 0 spiro atoms. The summed E-state index contributed by atoms with van der Waals surface area (Å²) in [5.41, 5.74) is 0. The Morgan fingerprint density at radius 3 is 1.47 bits per heavy atom. The molecule has 0 rings (SSSR count). The van der Waals surface area contributed by atoms with E-state index in [4.69, 9.17) is 0 Å². The zero-order chi connectivity index (χ0) is 13.6. The Morgan fingerprint density at radius 1 is 0.647 bits per heavy atom. The van der Waals surface area contributed by atoms with Crippen LogP contribution in [0.5, 0.6) is 0 Å². The largest absolute Gasteiger partial charge is 0.0651 e. The molecule has 0 aliphatic rings. The fourth-order valence-electron chi connectivity index (χ4n) is 3.22. The molecular formula is C17H36. The minimum atomic E-state index is 0.834. The van der Waals surface area contributed by atoms with Gasteiger partial charge in [-0.3, -0.25) is 0 Å². The molecule has 0 heteroatoms. The van der Waals surface area contributed by atoms with Gasteiger partial charge in [-0.2, -0.15) is 0 Å². The zero-order valence-corrected chi connectivity index (χ0v) is 13.6. The summed E-state index contributed by atoms with van der Waals surface area (Å²) < 4.78 is 0. The van der Waals surface area contributed by atoms with Crippen LogP contribution in [0.4, 0.5) is 0 Å². The molecule has 0 N–H and O–H groups in total. The summed E-state index contributed by atoms with van der Waals surface area (Å²) in [6.45, 7) is 19.2. The highest BCUT2D eigenvalue weighted by Gasteiger charge is 2.27. The molecule has 0 radical (unpaired) electrons. The second kappa shape index (κ2) is 8.16. The van der Waals surface area contributed by atoms with E-state index in [0.29, 0.717) is 0 Å². The van der Waals surface area contributed by atoms with E-state index in [0.717, 1.165) is 35.5 Å². The SMILES string of the molecule is CCC(C)C(C)C(CC(C)C)C(C)CC(C)C. The maximum atomic E-state index is 2.48. The predicted octanol–water partition coefficient (Wildman–Crippen LogP) is 6.01. The highest BCUT2D eigenvalue weighted by atomic mass is 14.3. The summed E-state index contributed by atoms with van der Waals surface area (Å²) in [6.07, 6.45) is 4.11. The van der Waals surface area contributed by atoms with Gasteiger partial charge in [-0.25, -0.2) is 0 Å². The normalized spacial score (nSPS) is 19.4. The van der Waals surface area contributed by atoms with Gasteiger partial charge in [0.15, 0.2) is 0 Å². The fourth-order valence-corrected chi connectivity index (χ4v) is 3.22. The van der Waals surface area contributed by atoms with Crippen LogP contribution in [0.3, 0.4) is 0 Å². The lowest BCUT2D eigenvalue weighted by Gasteiger charge is -2.35. The van der Waals surface area contributed by atoms with Crippen LogP contribution in [-0.4, -0.2) is 0 Å². The second-order valence-electron chi connectivity index (χ2n) is 7.14. The van der Waals surface area contributed by atoms with Crippen molar-refractivity contribution in [2.24, 2.45) is 35.5 Å². The first-order valence-electron chi connectivity index (χ1n) is 7.79. The van der Waals surface area contributed by atoms with Crippen LogP contribution in [0.1, 0.15) is 74.7 Å². The minimum Gasteiger partial charge on any atom is -0.0651 e. The monoisotopic (exact) mass is 240 g/mol. The Hall–Kier alpha value is 0. The van der Waals surface area contributed by atoms with Crippen molar-refractivity contribution in [3.63, 3.8) is 0 Å². The van der Waals surface area contributed by atoms with Crippen molar-refractivity contribution in [2.75, 3.05) is 0 Å². The summed E-state index contributed by atoms with van der Waals surface area (Å²) in [4.78, 5) is 0. The Bertz CT molecular complexity index is 180. The van der Waals surface area contributed by atoms with Gasteiger partial charge < -0.3 is 0 Å². The zero-order valence-electron chi connectivity index (χ0n) is 13.6. The van der Waals surface area contributed by atoms with Crippen molar-refractivity contribution in [1.82, 2.24) is 0 Å². The van der Waals surface area contributed by atoms with Crippen LogP contribution in [0.15, 0.2) is 0 Å². The third kappa shape index (κ3) is 6.48. The molecule has 0 nitrogen and oxygen atoms in total. The summed E-state index contributed by atoms with van der Waals surface area (Å²) in [5, 5.41) is 0. The predicted molar refractivity (Wildman–Crippen MR) is 80.2 cm³/mol. The van der Waals surface area contributed by atoms with Crippen LogP contribution in [-0.2, 0) is 0 Å². The van der Waals surface area contributed by atoms with Crippen molar-refractivity contribution in [3.05, 3.63) is 0 Å². The third-order valence-electron chi connectivity index (χ3n) is 4.53. The minimum absolute atomic E-state index is 0.834. The molecule has 0 saturated heterocycles. The van der Waals surface area contributed by atoms with Crippen molar-refractivity contribution >= 4 is 0 Å². The molecule has 0 aromatic heterocycles. The van der Waals surface area contributed by atoms with Crippen LogP contribution in [0.2, 0.25) is 0 Å². The van der Waals surface area contributed by atoms with Gasteiger partial charge in [-0.1, -0.05) is 61.8 Å². The quantitative estimate of drug-likeness (QED) is 0.487. The van der Waals surface area contributed by atoms with E-state index < -0.39 is 0 Å². The number of hydrogen-bond acceptors (Lipinski definition) is 0. The van der Waals surface area contributed by atoms with E-state index in [-0.39, 0.29) is 0 Å². The van der Waals surface area contributed by atoms with Gasteiger partial charge in [0.1, 0.15) is 0 Å². The molecule has 4 unspecified atom stereocenters. The third-order valence-corrected chi connectivity index (χ3v) is 4.53. The molecule has 0 amide bonds. The Kier molecular flexibility index (Phi) is 8.16. The molecule has 4 atom stereocenters. The molecule has 0 saturated carbocycles. The van der Waals surface area contributed by atoms with Crippen molar-refractivity contribution in [3.8, 4) is 0 Å². The van der Waals surface area contributed by atoms with Crippen LogP contribution >= 0.6 is 0 Å². The van der Waals surface area contributed by atoms with Gasteiger partial charge in [0, 0.05) is 0 Å². The molecule has 17 heavy (non-hydrogen) atoms. The standard InChI is InChI=1S/C17H36/c1-9-14(6)16(8)17(11-13(4)5)15(7)10-12(2)3/h12-17H,9-11H2,1-8H3. The van der Waals surface area contributed by atoms with Gasteiger partial charge >= 0.3 is 0 Å². The molecule has 0 aliphatic carbocycles. The fraction of sp³-hybridized carbons (Fsp3) is 1.00. The van der Waals surface area contributed by atoms with Crippen LogP contribution < -0.4 is 0 Å². The van der Waals surface area contributed by atoms with E-state index in [9.17, 15) is 0 Å². The van der Waals surface area contributed by atoms with Crippen molar-refractivity contribution < 1.29 is 0 Å². The Labute approximate surface area is 111 Å². The topological polar surface area (TPSA) is 0 Å². The van der Waals surface area contributed by atoms with E-state index in [2.05, 4.69) is 55.4 Å². The smallest absolute Gasteiger partial charge is 0.0358 e. The molecule has 0 aliphatic heterocycles. The lowest BCUT2D eigenvalue weighted by molar-refractivity contribution is 0.147. The van der Waals surface area contributed by atoms with E-state index in [1.807, 2.05) is 0 Å². The Morgan fingerprint density at radius 2 is 1.12 bits per heavy atom. The first-order chi connectivity index (χ1) is 7.79. The van der Waals surface area contributed by atoms with Gasteiger partial charge in [-0.15, -0.1) is 0 Å². The van der Waals surface area contributed by atoms with Gasteiger partial charge in [0.25, 0.3) is 0 Å². The summed E-state index contributed by atoms with van der Waals surface area (Å²) in [5.74, 6) is 5.20. The van der Waals surface area contributed by atoms with E-state index in [1.165, 1.54) is 19.3 Å². The number of rotatable bonds is 8. The van der Waals surface area contributed by atoms with Gasteiger partial charge in [0.05, 0.1) is 0 Å². The van der Waals surface area contributed by atoms with E-state index >= 15 is 0 Å². The average Bonchev–Trinajstić information content (AvgIpc) is 2.22. The molecule has 0 bridgehead atoms. The highest BCUT2D eigenvalue weighted by Crippen LogP contribution is 2.36. The van der Waals surface area contributed by atoms with Crippen molar-refractivity contribution in [1.29, 1.82) is 0 Å². The van der Waals surface area contributed by atoms with Crippen molar-refractivity contribution in [2.45, 2.75) is 74.7 Å². The molecule has 0 aromatic rings. The molecular weight excluding hydrogens is 204 g/mol. The Balaban J connectivity index is 4.61. The lowest BCUT2D eigenvalue weighted by Crippen LogP contribution is -2.27. The highest BCUT2D eigenvalue weighted by molar-refractivity contribution is 4.77. The summed E-state index contributed by atoms with van der Waals surface area (Å²) in [7, 11) is 0. The summed E-state index contributed by atoms with van der Waals surface area (Å²) in [6, 6.07) is 0. The lowest BCUT2D eigenvalue weighted by atomic mass is 9.71. The van der Waals surface area contributed by atoms with Gasteiger partial charge in [-0.05, 0) is 48.3 Å².